The van der Waals surface area contributed by atoms with Crippen molar-refractivity contribution in [2.24, 2.45) is 7.05 Å². The van der Waals surface area contributed by atoms with Gasteiger partial charge in [-0.25, -0.2) is 9.37 Å². The number of anilines is 1. The standard InChI is InChI=1S/C19H19FN4O/c1-12-16-10-15(11-21-17(16)24(2)23-12)22-18(25)19(7-4-8-19)13-5-3-6-14(20)9-13/h3,5-6,9-11H,4,7-8H2,1-2H3,(H,22,25). The SMILES string of the molecule is Cc1nn(C)c2ncc(NC(=O)C3(c4cccc(F)c4)CCC3)cc12. The minimum absolute atomic E-state index is 0.105. The summed E-state index contributed by atoms with van der Waals surface area (Å²) in [5, 5.41) is 8.22. The molecule has 0 radical (unpaired) electrons. The van der Waals surface area contributed by atoms with Gasteiger partial charge in [-0.2, -0.15) is 5.10 Å². The molecule has 0 unspecified atom stereocenters. The van der Waals surface area contributed by atoms with Crippen molar-refractivity contribution < 1.29 is 9.18 Å². The number of aryl methyl sites for hydroxylation is 2. The first kappa shape index (κ1) is 15.7. The average molecular weight is 338 g/mol. The van der Waals surface area contributed by atoms with Crippen LogP contribution >= 0.6 is 0 Å². The number of benzene rings is 1. The van der Waals surface area contributed by atoms with Gasteiger partial charge in [0.05, 0.1) is 23.0 Å². The van der Waals surface area contributed by atoms with Crippen LogP contribution in [0, 0.1) is 12.7 Å². The van der Waals surface area contributed by atoms with E-state index < -0.39 is 5.41 Å². The van der Waals surface area contributed by atoms with E-state index in [4.69, 9.17) is 0 Å². The smallest absolute Gasteiger partial charge is 0.235 e. The monoisotopic (exact) mass is 338 g/mol. The fourth-order valence-electron chi connectivity index (χ4n) is 3.59. The Morgan fingerprint density at radius 2 is 2.12 bits per heavy atom. The molecule has 1 fully saturated rings. The highest BCUT2D eigenvalue weighted by Crippen LogP contribution is 2.44. The Morgan fingerprint density at radius 1 is 1.32 bits per heavy atom. The molecular weight excluding hydrogens is 319 g/mol. The second-order valence-corrected chi connectivity index (χ2v) is 6.70. The number of carbonyl (C=O) groups is 1. The molecule has 0 atom stereocenters. The molecule has 25 heavy (non-hydrogen) atoms. The zero-order valence-electron chi connectivity index (χ0n) is 14.2. The highest BCUT2D eigenvalue weighted by molar-refractivity contribution is 6.00. The normalized spacial score (nSPS) is 15.8. The summed E-state index contributed by atoms with van der Waals surface area (Å²) >= 11 is 0. The number of rotatable bonds is 3. The third-order valence-electron chi connectivity index (χ3n) is 5.14. The molecular formula is C19H19FN4O. The van der Waals surface area contributed by atoms with Crippen molar-refractivity contribution in [2.75, 3.05) is 5.32 Å². The Hall–Kier alpha value is -2.76. The predicted octanol–water partition coefficient (Wildman–Crippen LogP) is 3.48. The third kappa shape index (κ3) is 2.49. The summed E-state index contributed by atoms with van der Waals surface area (Å²) in [7, 11) is 1.84. The molecule has 3 aromatic rings. The summed E-state index contributed by atoms with van der Waals surface area (Å²) in [6, 6.07) is 8.24. The lowest BCUT2D eigenvalue weighted by Crippen LogP contribution is -2.46. The molecule has 1 aliphatic carbocycles. The number of carbonyl (C=O) groups excluding carboxylic acids is 1. The van der Waals surface area contributed by atoms with Crippen LogP contribution in [0.3, 0.4) is 0 Å². The molecule has 1 aromatic carbocycles. The van der Waals surface area contributed by atoms with Crippen molar-refractivity contribution in [1.29, 1.82) is 0 Å². The van der Waals surface area contributed by atoms with Crippen molar-refractivity contribution in [1.82, 2.24) is 14.8 Å². The van der Waals surface area contributed by atoms with Crippen LogP contribution in [-0.2, 0) is 17.3 Å². The van der Waals surface area contributed by atoms with E-state index in [1.54, 1.807) is 16.9 Å². The summed E-state index contributed by atoms with van der Waals surface area (Å²) < 4.78 is 15.3. The van der Waals surface area contributed by atoms with Crippen LogP contribution < -0.4 is 5.32 Å². The molecule has 4 rings (SSSR count). The highest BCUT2D eigenvalue weighted by Gasteiger charge is 2.45. The molecule has 6 heteroatoms. The lowest BCUT2D eigenvalue weighted by atomic mass is 9.63. The maximum absolute atomic E-state index is 13.6. The highest BCUT2D eigenvalue weighted by atomic mass is 19.1. The van der Waals surface area contributed by atoms with E-state index in [9.17, 15) is 9.18 Å². The Labute approximate surface area is 144 Å². The minimum Gasteiger partial charge on any atom is -0.324 e. The Morgan fingerprint density at radius 3 is 2.80 bits per heavy atom. The summed E-state index contributed by atoms with van der Waals surface area (Å²) in [5.41, 5.74) is 2.36. The van der Waals surface area contributed by atoms with Crippen molar-refractivity contribution in [2.45, 2.75) is 31.6 Å². The third-order valence-corrected chi connectivity index (χ3v) is 5.14. The van der Waals surface area contributed by atoms with E-state index in [2.05, 4.69) is 15.4 Å². The van der Waals surface area contributed by atoms with Gasteiger partial charge in [0.15, 0.2) is 5.65 Å². The molecule has 5 nitrogen and oxygen atoms in total. The van der Waals surface area contributed by atoms with Crippen LogP contribution in [0.1, 0.15) is 30.5 Å². The number of hydrogen-bond acceptors (Lipinski definition) is 3. The van der Waals surface area contributed by atoms with Gasteiger partial charge in [0.1, 0.15) is 5.82 Å². The second kappa shape index (κ2) is 5.65. The van der Waals surface area contributed by atoms with Crippen LogP contribution in [0.4, 0.5) is 10.1 Å². The number of nitrogens with one attached hydrogen (secondary N) is 1. The minimum atomic E-state index is -0.652. The van der Waals surface area contributed by atoms with E-state index in [1.807, 2.05) is 26.1 Å². The molecule has 1 amide bonds. The lowest BCUT2D eigenvalue weighted by molar-refractivity contribution is -0.124. The fraction of sp³-hybridized carbons (Fsp3) is 0.316. The molecule has 0 spiro atoms. The molecule has 2 aromatic heterocycles. The fourth-order valence-corrected chi connectivity index (χ4v) is 3.59. The number of nitrogens with zero attached hydrogens (tertiary/aromatic N) is 3. The van der Waals surface area contributed by atoms with E-state index in [-0.39, 0.29) is 11.7 Å². The number of fused-ring (bicyclic) bond motifs is 1. The van der Waals surface area contributed by atoms with Gasteiger partial charge in [-0.3, -0.25) is 9.48 Å². The first-order chi connectivity index (χ1) is 12.0. The average Bonchev–Trinajstić information content (AvgIpc) is 2.81. The maximum Gasteiger partial charge on any atom is 0.235 e. The number of amides is 1. The maximum atomic E-state index is 13.6. The van der Waals surface area contributed by atoms with E-state index in [1.165, 1.54) is 12.1 Å². The van der Waals surface area contributed by atoms with Crippen LogP contribution in [0.2, 0.25) is 0 Å². The number of aromatic nitrogens is 3. The molecule has 0 saturated heterocycles. The van der Waals surface area contributed by atoms with E-state index >= 15 is 0 Å². The lowest BCUT2D eigenvalue weighted by Gasteiger charge is -2.40. The summed E-state index contributed by atoms with van der Waals surface area (Å²) in [5.74, 6) is -0.419. The zero-order chi connectivity index (χ0) is 17.6. The molecule has 0 aliphatic heterocycles. The molecule has 128 valence electrons. The molecule has 1 saturated carbocycles. The topological polar surface area (TPSA) is 59.8 Å². The number of hydrogen-bond donors (Lipinski definition) is 1. The van der Waals surface area contributed by atoms with Crippen LogP contribution in [-0.4, -0.2) is 20.7 Å². The molecule has 0 bridgehead atoms. The summed E-state index contributed by atoms with van der Waals surface area (Å²) in [4.78, 5) is 17.4. The van der Waals surface area contributed by atoms with Crippen LogP contribution in [0.5, 0.6) is 0 Å². The van der Waals surface area contributed by atoms with Gasteiger partial charge in [0.2, 0.25) is 5.91 Å². The second-order valence-electron chi connectivity index (χ2n) is 6.70. The van der Waals surface area contributed by atoms with Gasteiger partial charge < -0.3 is 5.32 Å². The van der Waals surface area contributed by atoms with Gasteiger partial charge in [-0.15, -0.1) is 0 Å². The van der Waals surface area contributed by atoms with Crippen LogP contribution in [0.15, 0.2) is 36.5 Å². The van der Waals surface area contributed by atoms with Gasteiger partial charge in [0.25, 0.3) is 0 Å². The molecule has 1 N–H and O–H groups in total. The van der Waals surface area contributed by atoms with E-state index in [0.29, 0.717) is 5.69 Å². The summed E-state index contributed by atoms with van der Waals surface area (Å²) in [6.07, 6.45) is 4.05. The number of pyridine rings is 1. The van der Waals surface area contributed by atoms with Gasteiger partial charge in [-0.1, -0.05) is 18.6 Å². The zero-order valence-corrected chi connectivity index (χ0v) is 14.2. The Balaban J connectivity index is 1.66. The molecule has 2 heterocycles. The van der Waals surface area contributed by atoms with Crippen molar-refractivity contribution >= 4 is 22.6 Å². The first-order valence-electron chi connectivity index (χ1n) is 8.36. The van der Waals surface area contributed by atoms with Crippen molar-refractivity contribution in [3.8, 4) is 0 Å². The first-order valence-corrected chi connectivity index (χ1v) is 8.36. The van der Waals surface area contributed by atoms with Gasteiger partial charge in [-0.05, 0) is 43.5 Å². The largest absolute Gasteiger partial charge is 0.324 e. The van der Waals surface area contributed by atoms with Crippen molar-refractivity contribution in [3.63, 3.8) is 0 Å². The molecule has 1 aliphatic rings. The predicted molar refractivity (Wildman–Crippen MR) is 93.8 cm³/mol. The Bertz CT molecular complexity index is 975. The van der Waals surface area contributed by atoms with Gasteiger partial charge in [0, 0.05) is 12.4 Å². The van der Waals surface area contributed by atoms with Gasteiger partial charge >= 0.3 is 0 Å². The number of halogens is 1. The summed E-state index contributed by atoms with van der Waals surface area (Å²) in [6.45, 7) is 1.91. The Kier molecular flexibility index (Phi) is 3.56. The van der Waals surface area contributed by atoms with Crippen molar-refractivity contribution in [3.05, 3.63) is 53.6 Å². The quantitative estimate of drug-likeness (QED) is 0.795. The van der Waals surface area contributed by atoms with E-state index in [0.717, 1.165) is 41.6 Å². The van der Waals surface area contributed by atoms with Crippen LogP contribution in [0.25, 0.3) is 11.0 Å².